The van der Waals surface area contributed by atoms with Gasteiger partial charge >= 0.3 is 6.03 Å². The van der Waals surface area contributed by atoms with Gasteiger partial charge in [-0.25, -0.2) is 4.79 Å². The minimum atomic E-state index is -0.848. The van der Waals surface area contributed by atoms with E-state index < -0.39 is 5.54 Å². The number of rotatable bonds is 4. The van der Waals surface area contributed by atoms with E-state index in [1.165, 1.54) is 7.05 Å². The lowest BCUT2D eigenvalue weighted by Crippen LogP contribution is -2.56. The lowest BCUT2D eigenvalue weighted by atomic mass is 9.85. The van der Waals surface area contributed by atoms with Crippen molar-refractivity contribution in [2.45, 2.75) is 24.9 Å². The Hall–Kier alpha value is -3.49. The Kier molecular flexibility index (Phi) is 4.87. The molecule has 0 aliphatic carbocycles. The van der Waals surface area contributed by atoms with Crippen LogP contribution in [0.3, 0.4) is 0 Å². The van der Waals surface area contributed by atoms with Gasteiger partial charge in [0, 0.05) is 26.7 Å². The second kappa shape index (κ2) is 7.50. The second-order valence-corrected chi connectivity index (χ2v) is 7.21. The molecule has 2 N–H and O–H groups in total. The molecule has 1 spiro atoms. The summed E-state index contributed by atoms with van der Waals surface area (Å²) in [5.41, 5.74) is 0.383. The molecule has 2 aliphatic heterocycles. The van der Waals surface area contributed by atoms with Crippen LogP contribution in [0.15, 0.2) is 42.5 Å². The number of carbonyl (C=O) groups is 3. The molecule has 4 amide bonds. The Morgan fingerprint density at radius 1 is 1.10 bits per heavy atom. The fourth-order valence-corrected chi connectivity index (χ4v) is 3.93. The zero-order valence-electron chi connectivity index (χ0n) is 16.1. The first kappa shape index (κ1) is 18.9. The zero-order chi connectivity index (χ0) is 20.4. The Morgan fingerprint density at radius 2 is 1.83 bits per heavy atom. The Labute approximate surface area is 168 Å². The van der Waals surface area contributed by atoms with Crippen molar-refractivity contribution in [3.63, 3.8) is 0 Å². The van der Waals surface area contributed by atoms with Crippen LogP contribution >= 0.6 is 0 Å². The molecule has 1 aromatic carbocycles. The van der Waals surface area contributed by atoms with Crippen LogP contribution < -0.4 is 15.5 Å². The summed E-state index contributed by atoms with van der Waals surface area (Å²) in [5, 5.41) is 13.1. The van der Waals surface area contributed by atoms with Crippen molar-refractivity contribution in [2.24, 2.45) is 0 Å². The largest absolute Gasteiger partial charge is 0.355 e. The topological polar surface area (TPSA) is 108 Å². The highest BCUT2D eigenvalue weighted by molar-refractivity contribution is 6.07. The first-order valence-corrected chi connectivity index (χ1v) is 9.51. The predicted octanol–water partition coefficient (Wildman–Crippen LogP) is 0.927. The van der Waals surface area contributed by atoms with E-state index in [4.69, 9.17) is 0 Å². The highest BCUT2D eigenvalue weighted by Gasteiger charge is 2.54. The molecule has 2 fully saturated rings. The van der Waals surface area contributed by atoms with Gasteiger partial charge in [0.05, 0.1) is 0 Å². The van der Waals surface area contributed by atoms with E-state index in [-0.39, 0.29) is 23.5 Å². The van der Waals surface area contributed by atoms with E-state index in [9.17, 15) is 14.4 Å². The summed E-state index contributed by atoms with van der Waals surface area (Å²) < 4.78 is 0. The Bertz CT molecular complexity index is 923. The van der Waals surface area contributed by atoms with E-state index in [1.54, 1.807) is 17.0 Å². The fraction of sp³-hybridized carbons (Fsp3) is 0.350. The van der Waals surface area contributed by atoms with Crippen LogP contribution in [-0.4, -0.2) is 58.6 Å². The quantitative estimate of drug-likeness (QED) is 0.747. The van der Waals surface area contributed by atoms with Crippen molar-refractivity contribution in [1.29, 1.82) is 0 Å². The van der Waals surface area contributed by atoms with Crippen LogP contribution in [0.1, 0.15) is 28.9 Å². The number of aromatic nitrogens is 2. The number of anilines is 1. The average molecular weight is 394 g/mol. The number of benzene rings is 1. The van der Waals surface area contributed by atoms with Crippen molar-refractivity contribution >= 4 is 23.7 Å². The van der Waals surface area contributed by atoms with E-state index in [0.717, 1.165) is 5.56 Å². The smallest absolute Gasteiger partial charge is 0.325 e. The Morgan fingerprint density at radius 3 is 2.45 bits per heavy atom. The molecule has 9 nitrogen and oxygen atoms in total. The van der Waals surface area contributed by atoms with E-state index in [1.807, 2.05) is 35.2 Å². The minimum absolute atomic E-state index is 0.237. The highest BCUT2D eigenvalue weighted by Crippen LogP contribution is 2.35. The third-order valence-corrected chi connectivity index (χ3v) is 5.61. The number of nitrogens with one attached hydrogen (secondary N) is 2. The standard InChI is InChI=1S/C20H22N6O3/c1-21-17(27)15-7-8-16(24-23-15)25-11-9-20(10-12-25)18(28)22-19(29)26(20)13-14-5-3-2-4-6-14/h2-8H,9-13H2,1H3,(H,21,27)(H,22,28,29). The number of piperidine rings is 1. The number of carbonyl (C=O) groups excluding carboxylic acids is 3. The maximum atomic E-state index is 12.7. The van der Waals surface area contributed by atoms with E-state index in [0.29, 0.717) is 38.3 Å². The zero-order valence-corrected chi connectivity index (χ0v) is 16.1. The van der Waals surface area contributed by atoms with Gasteiger partial charge in [0.2, 0.25) is 0 Å². The summed E-state index contributed by atoms with van der Waals surface area (Å²) in [7, 11) is 1.54. The molecule has 2 aliphatic rings. The van der Waals surface area contributed by atoms with Gasteiger partial charge < -0.3 is 15.1 Å². The molecule has 0 radical (unpaired) electrons. The number of imide groups is 1. The minimum Gasteiger partial charge on any atom is -0.355 e. The fourth-order valence-electron chi connectivity index (χ4n) is 3.93. The molecule has 2 saturated heterocycles. The predicted molar refractivity (Wildman–Crippen MR) is 105 cm³/mol. The van der Waals surface area contributed by atoms with Crippen molar-refractivity contribution in [2.75, 3.05) is 25.0 Å². The molecule has 2 aromatic rings. The molecular weight excluding hydrogens is 372 g/mol. The van der Waals surface area contributed by atoms with Crippen LogP contribution in [-0.2, 0) is 11.3 Å². The summed E-state index contributed by atoms with van der Waals surface area (Å²) in [6.07, 6.45) is 0.993. The number of hydrogen-bond donors (Lipinski definition) is 2. The summed E-state index contributed by atoms with van der Waals surface area (Å²) in [6.45, 7) is 1.50. The molecule has 29 heavy (non-hydrogen) atoms. The van der Waals surface area contributed by atoms with Crippen molar-refractivity contribution in [1.82, 2.24) is 25.7 Å². The van der Waals surface area contributed by atoms with Gasteiger partial charge in [-0.15, -0.1) is 10.2 Å². The van der Waals surface area contributed by atoms with Gasteiger partial charge in [0.15, 0.2) is 11.5 Å². The van der Waals surface area contributed by atoms with E-state index >= 15 is 0 Å². The molecule has 9 heteroatoms. The third kappa shape index (κ3) is 3.39. The molecule has 0 bridgehead atoms. The molecule has 1 aromatic heterocycles. The molecule has 3 heterocycles. The first-order chi connectivity index (χ1) is 14.0. The van der Waals surface area contributed by atoms with Crippen LogP contribution in [0.5, 0.6) is 0 Å². The number of nitrogens with zero attached hydrogens (tertiary/aromatic N) is 4. The van der Waals surface area contributed by atoms with Crippen molar-refractivity contribution in [3.05, 3.63) is 53.7 Å². The van der Waals surface area contributed by atoms with Gasteiger partial charge in [-0.2, -0.15) is 0 Å². The molecule has 0 saturated carbocycles. The maximum Gasteiger partial charge on any atom is 0.325 e. The Balaban J connectivity index is 1.49. The number of urea groups is 1. The molecular formula is C20H22N6O3. The normalized spacial score (nSPS) is 18.1. The molecule has 4 rings (SSSR count). The lowest BCUT2D eigenvalue weighted by molar-refractivity contribution is -0.127. The van der Waals surface area contributed by atoms with Crippen LogP contribution in [0.25, 0.3) is 0 Å². The summed E-state index contributed by atoms with van der Waals surface area (Å²) in [5.74, 6) is 0.116. The SMILES string of the molecule is CNC(=O)c1ccc(N2CCC3(CC2)C(=O)NC(=O)N3Cc2ccccc2)nn1. The summed E-state index contributed by atoms with van der Waals surface area (Å²) in [6, 6.07) is 12.7. The van der Waals surface area contributed by atoms with E-state index in [2.05, 4.69) is 20.8 Å². The number of hydrogen-bond acceptors (Lipinski definition) is 6. The summed E-state index contributed by atoms with van der Waals surface area (Å²) in [4.78, 5) is 40.4. The lowest BCUT2D eigenvalue weighted by Gasteiger charge is -2.42. The van der Waals surface area contributed by atoms with Gasteiger partial charge in [0.1, 0.15) is 5.54 Å². The average Bonchev–Trinajstić information content (AvgIpc) is 2.98. The van der Waals surface area contributed by atoms with Gasteiger partial charge in [-0.05, 0) is 30.5 Å². The van der Waals surface area contributed by atoms with Crippen LogP contribution in [0.4, 0.5) is 10.6 Å². The number of amides is 4. The van der Waals surface area contributed by atoms with Crippen LogP contribution in [0, 0.1) is 0 Å². The van der Waals surface area contributed by atoms with Gasteiger partial charge in [0.25, 0.3) is 11.8 Å². The molecule has 0 atom stereocenters. The molecule has 0 unspecified atom stereocenters. The monoisotopic (exact) mass is 394 g/mol. The van der Waals surface area contributed by atoms with Crippen LogP contribution in [0.2, 0.25) is 0 Å². The van der Waals surface area contributed by atoms with Crippen molar-refractivity contribution < 1.29 is 14.4 Å². The second-order valence-electron chi connectivity index (χ2n) is 7.21. The van der Waals surface area contributed by atoms with Gasteiger partial charge in [-0.1, -0.05) is 30.3 Å². The summed E-state index contributed by atoms with van der Waals surface area (Å²) >= 11 is 0. The maximum absolute atomic E-state index is 12.7. The van der Waals surface area contributed by atoms with Crippen molar-refractivity contribution in [3.8, 4) is 0 Å². The first-order valence-electron chi connectivity index (χ1n) is 9.51. The van der Waals surface area contributed by atoms with Gasteiger partial charge in [-0.3, -0.25) is 14.9 Å². The highest BCUT2D eigenvalue weighted by atomic mass is 16.2. The molecule has 150 valence electrons. The third-order valence-electron chi connectivity index (χ3n) is 5.61.